The minimum atomic E-state index is -0.316. The number of nitrogens with one attached hydrogen (secondary N) is 1. The molecule has 1 N–H and O–H groups in total. The summed E-state index contributed by atoms with van der Waals surface area (Å²) in [5.41, 5.74) is 1.87. The number of benzene rings is 2. The summed E-state index contributed by atoms with van der Waals surface area (Å²) in [5.74, 6) is -0.222. The molecular formula is C21H23FN2OS. The Balaban J connectivity index is 1.43. The molecule has 0 aromatic heterocycles. The van der Waals surface area contributed by atoms with E-state index in [9.17, 15) is 9.18 Å². The molecule has 0 saturated carbocycles. The number of Topliss-reactive ketones (excluding diaryl/α,β-unsaturated/α-hetero) is 1. The number of carbonyl (C=O) groups is 1. The second kappa shape index (κ2) is 8.90. The van der Waals surface area contributed by atoms with E-state index in [0.717, 1.165) is 44.0 Å². The van der Waals surface area contributed by atoms with Crippen molar-refractivity contribution in [2.45, 2.75) is 19.3 Å². The zero-order chi connectivity index (χ0) is 18.4. The summed E-state index contributed by atoms with van der Waals surface area (Å²) in [6, 6.07) is 16.1. The fraction of sp³-hybridized carbons (Fsp3) is 0.333. The molecule has 1 aliphatic rings. The molecule has 2 aromatic rings. The molecule has 1 heterocycles. The quantitative estimate of drug-likeness (QED) is 0.640. The van der Waals surface area contributed by atoms with E-state index in [2.05, 4.69) is 22.3 Å². The molecule has 0 bridgehead atoms. The highest BCUT2D eigenvalue weighted by Gasteiger charge is 2.26. The van der Waals surface area contributed by atoms with Crippen LogP contribution in [-0.2, 0) is 6.42 Å². The molecule has 136 valence electrons. The predicted octanol–water partition coefficient (Wildman–Crippen LogP) is 3.84. The SMILES string of the molecule is O=C(c1ccc(F)cc1)C1CCN(C(=S)NCCc2ccccc2)CC1. The standard InChI is InChI=1S/C21H23FN2OS/c22-19-8-6-17(7-9-19)20(25)18-11-14-24(15-12-18)21(26)23-13-10-16-4-2-1-3-5-16/h1-9,18H,10-15H2,(H,23,26). The highest BCUT2D eigenvalue weighted by atomic mass is 32.1. The third-order valence-corrected chi connectivity index (χ3v) is 5.22. The van der Waals surface area contributed by atoms with E-state index in [1.807, 2.05) is 18.2 Å². The van der Waals surface area contributed by atoms with Gasteiger partial charge in [-0.25, -0.2) is 4.39 Å². The second-order valence-electron chi connectivity index (χ2n) is 6.60. The van der Waals surface area contributed by atoms with Crippen LogP contribution in [0.3, 0.4) is 0 Å². The first kappa shape index (κ1) is 18.5. The van der Waals surface area contributed by atoms with E-state index < -0.39 is 0 Å². The summed E-state index contributed by atoms with van der Waals surface area (Å²) in [4.78, 5) is 14.7. The molecule has 0 spiro atoms. The third-order valence-electron chi connectivity index (χ3n) is 4.81. The monoisotopic (exact) mass is 370 g/mol. The molecule has 0 radical (unpaired) electrons. The maximum Gasteiger partial charge on any atom is 0.168 e. The first-order valence-electron chi connectivity index (χ1n) is 9.00. The number of thiocarbonyl (C=S) groups is 1. The Morgan fingerprint density at radius 3 is 2.38 bits per heavy atom. The molecule has 0 atom stereocenters. The maximum absolute atomic E-state index is 13.0. The van der Waals surface area contributed by atoms with Crippen molar-refractivity contribution >= 4 is 23.1 Å². The fourth-order valence-corrected chi connectivity index (χ4v) is 3.55. The normalized spacial score (nSPS) is 14.9. The highest BCUT2D eigenvalue weighted by molar-refractivity contribution is 7.80. The molecule has 1 saturated heterocycles. The Morgan fingerprint density at radius 1 is 1.08 bits per heavy atom. The number of hydrogen-bond acceptors (Lipinski definition) is 2. The number of ketones is 1. The Labute approximate surface area is 159 Å². The van der Waals surface area contributed by atoms with Crippen LogP contribution in [0.2, 0.25) is 0 Å². The van der Waals surface area contributed by atoms with Crippen molar-refractivity contribution in [1.29, 1.82) is 0 Å². The van der Waals surface area contributed by atoms with Crippen molar-refractivity contribution in [3.63, 3.8) is 0 Å². The van der Waals surface area contributed by atoms with E-state index in [1.54, 1.807) is 12.1 Å². The molecular weight excluding hydrogens is 347 g/mol. The summed E-state index contributed by atoms with van der Waals surface area (Å²) in [6.07, 6.45) is 2.48. The van der Waals surface area contributed by atoms with E-state index >= 15 is 0 Å². The van der Waals surface area contributed by atoms with E-state index in [-0.39, 0.29) is 17.5 Å². The maximum atomic E-state index is 13.0. The van der Waals surface area contributed by atoms with Gasteiger partial charge in [-0.15, -0.1) is 0 Å². The lowest BCUT2D eigenvalue weighted by atomic mass is 9.89. The van der Waals surface area contributed by atoms with Gasteiger partial charge in [-0.3, -0.25) is 4.79 Å². The Hall–Kier alpha value is -2.27. The van der Waals surface area contributed by atoms with Crippen molar-refractivity contribution in [2.75, 3.05) is 19.6 Å². The van der Waals surface area contributed by atoms with Gasteiger partial charge in [-0.2, -0.15) is 0 Å². The van der Waals surface area contributed by atoms with Crippen molar-refractivity contribution in [3.8, 4) is 0 Å². The van der Waals surface area contributed by atoms with Crippen LogP contribution in [0, 0.1) is 11.7 Å². The van der Waals surface area contributed by atoms with E-state index in [4.69, 9.17) is 12.2 Å². The summed E-state index contributed by atoms with van der Waals surface area (Å²) in [6.45, 7) is 2.35. The number of halogens is 1. The van der Waals surface area contributed by atoms with Crippen LogP contribution >= 0.6 is 12.2 Å². The minimum absolute atomic E-state index is 0.0103. The molecule has 26 heavy (non-hydrogen) atoms. The number of nitrogens with zero attached hydrogens (tertiary/aromatic N) is 1. The minimum Gasteiger partial charge on any atom is -0.362 e. The van der Waals surface area contributed by atoms with E-state index in [1.165, 1.54) is 17.7 Å². The Kier molecular flexibility index (Phi) is 6.34. The lowest BCUT2D eigenvalue weighted by molar-refractivity contribution is 0.0872. The number of rotatable bonds is 5. The van der Waals surface area contributed by atoms with Crippen molar-refractivity contribution in [3.05, 3.63) is 71.5 Å². The number of piperidine rings is 1. The van der Waals surface area contributed by atoms with Crippen molar-refractivity contribution < 1.29 is 9.18 Å². The number of hydrogen-bond donors (Lipinski definition) is 1. The largest absolute Gasteiger partial charge is 0.362 e. The van der Waals surface area contributed by atoms with Crippen LogP contribution in [0.1, 0.15) is 28.8 Å². The predicted molar refractivity (Wildman–Crippen MR) is 106 cm³/mol. The zero-order valence-corrected chi connectivity index (χ0v) is 15.5. The summed E-state index contributed by atoms with van der Waals surface area (Å²) >= 11 is 5.49. The smallest absolute Gasteiger partial charge is 0.168 e. The van der Waals surface area contributed by atoms with Gasteiger partial charge < -0.3 is 10.2 Å². The molecule has 0 aliphatic carbocycles. The molecule has 1 fully saturated rings. The summed E-state index contributed by atoms with van der Waals surface area (Å²) in [7, 11) is 0. The van der Waals surface area contributed by atoms with Crippen LogP contribution in [-0.4, -0.2) is 35.4 Å². The molecule has 1 aliphatic heterocycles. The van der Waals surface area contributed by atoms with E-state index in [0.29, 0.717) is 5.56 Å². The summed E-state index contributed by atoms with van der Waals surface area (Å²) in [5, 5.41) is 4.07. The molecule has 2 aromatic carbocycles. The molecule has 5 heteroatoms. The average molecular weight is 370 g/mol. The Morgan fingerprint density at radius 2 is 1.73 bits per heavy atom. The zero-order valence-electron chi connectivity index (χ0n) is 14.7. The van der Waals surface area contributed by atoms with Crippen LogP contribution in [0.15, 0.2) is 54.6 Å². The molecule has 3 nitrogen and oxygen atoms in total. The topological polar surface area (TPSA) is 32.3 Å². The third kappa shape index (κ3) is 4.88. The highest BCUT2D eigenvalue weighted by Crippen LogP contribution is 2.22. The van der Waals surface area contributed by atoms with Gasteiger partial charge in [0.1, 0.15) is 5.82 Å². The van der Waals surface area contributed by atoms with Crippen molar-refractivity contribution in [2.24, 2.45) is 5.92 Å². The van der Waals surface area contributed by atoms with Gasteiger partial charge in [0.2, 0.25) is 0 Å². The van der Waals surface area contributed by atoms with Gasteiger partial charge in [0.15, 0.2) is 10.9 Å². The fourth-order valence-electron chi connectivity index (χ4n) is 3.26. The second-order valence-corrected chi connectivity index (χ2v) is 6.99. The molecule has 0 amide bonds. The lowest BCUT2D eigenvalue weighted by Gasteiger charge is -2.33. The molecule has 3 rings (SSSR count). The van der Waals surface area contributed by atoms with Gasteiger partial charge in [0.05, 0.1) is 0 Å². The first-order valence-corrected chi connectivity index (χ1v) is 9.41. The number of carbonyl (C=O) groups excluding carboxylic acids is 1. The molecule has 0 unspecified atom stereocenters. The Bertz CT molecular complexity index is 740. The van der Waals surface area contributed by atoms with Crippen LogP contribution in [0.25, 0.3) is 0 Å². The van der Waals surface area contributed by atoms with Gasteiger partial charge in [-0.1, -0.05) is 30.3 Å². The van der Waals surface area contributed by atoms with Gasteiger partial charge in [-0.05, 0) is 61.3 Å². The van der Waals surface area contributed by atoms with Crippen LogP contribution in [0.4, 0.5) is 4.39 Å². The first-order chi connectivity index (χ1) is 12.6. The van der Waals surface area contributed by atoms with Gasteiger partial charge >= 0.3 is 0 Å². The van der Waals surface area contributed by atoms with Gasteiger partial charge in [0.25, 0.3) is 0 Å². The van der Waals surface area contributed by atoms with Crippen LogP contribution in [0.5, 0.6) is 0 Å². The van der Waals surface area contributed by atoms with Crippen molar-refractivity contribution in [1.82, 2.24) is 10.2 Å². The average Bonchev–Trinajstić information content (AvgIpc) is 2.69. The van der Waals surface area contributed by atoms with Crippen LogP contribution < -0.4 is 5.32 Å². The lowest BCUT2D eigenvalue weighted by Crippen LogP contribution is -2.45. The van der Waals surface area contributed by atoms with Gasteiger partial charge in [0, 0.05) is 31.1 Å². The number of likely N-dealkylation sites (tertiary alicyclic amines) is 1. The summed E-state index contributed by atoms with van der Waals surface area (Å²) < 4.78 is 13.0.